The van der Waals surface area contributed by atoms with Crippen LogP contribution in [0.2, 0.25) is 0 Å². The Morgan fingerprint density at radius 3 is 2.18 bits per heavy atom. The molecular formula is C22H21NO5. The summed E-state index contributed by atoms with van der Waals surface area (Å²) in [6.45, 7) is -0.314. The van der Waals surface area contributed by atoms with Crippen molar-refractivity contribution in [3.63, 3.8) is 0 Å². The molecule has 1 aromatic rings. The van der Waals surface area contributed by atoms with E-state index in [2.05, 4.69) is 12.2 Å². The van der Waals surface area contributed by atoms with Crippen molar-refractivity contribution in [2.75, 3.05) is 13.2 Å². The molecule has 1 aliphatic heterocycles. The second kappa shape index (κ2) is 6.40. The van der Waals surface area contributed by atoms with Crippen LogP contribution in [-0.2, 0) is 19.1 Å². The van der Waals surface area contributed by atoms with Crippen LogP contribution in [0.3, 0.4) is 0 Å². The predicted octanol–water partition coefficient (Wildman–Crippen LogP) is 1.86. The SMILES string of the molecule is O=C(CCN1C(=O)[C@@H]2[C@H]3C=C[C@H]([C@@H]4C[C@H]34)[C@@H]2C1=O)OCC(=O)c1ccccc1. The number of hydrogen-bond acceptors (Lipinski definition) is 5. The largest absolute Gasteiger partial charge is 0.457 e. The minimum absolute atomic E-state index is 0.0256. The maximum Gasteiger partial charge on any atom is 0.308 e. The second-order valence-corrected chi connectivity index (χ2v) is 8.18. The summed E-state index contributed by atoms with van der Waals surface area (Å²) >= 11 is 0. The van der Waals surface area contributed by atoms with E-state index in [0.29, 0.717) is 17.4 Å². The number of imide groups is 1. The zero-order valence-corrected chi connectivity index (χ0v) is 15.3. The van der Waals surface area contributed by atoms with Gasteiger partial charge in [-0.2, -0.15) is 0 Å². The third kappa shape index (κ3) is 2.62. The Morgan fingerprint density at radius 2 is 1.57 bits per heavy atom. The van der Waals surface area contributed by atoms with Crippen LogP contribution in [0.25, 0.3) is 0 Å². The maximum atomic E-state index is 12.8. The number of ketones is 1. The highest BCUT2D eigenvalue weighted by Crippen LogP contribution is 2.65. The van der Waals surface area contributed by atoms with Crippen LogP contribution in [-0.4, -0.2) is 41.6 Å². The first-order valence-electron chi connectivity index (χ1n) is 9.83. The summed E-state index contributed by atoms with van der Waals surface area (Å²) in [7, 11) is 0. The summed E-state index contributed by atoms with van der Waals surface area (Å²) in [4.78, 5) is 50.9. The van der Waals surface area contributed by atoms with Gasteiger partial charge in [0, 0.05) is 12.1 Å². The van der Waals surface area contributed by atoms with Crippen LogP contribution >= 0.6 is 0 Å². The Labute approximate surface area is 162 Å². The van der Waals surface area contributed by atoms with Crippen LogP contribution in [0, 0.1) is 35.5 Å². The van der Waals surface area contributed by atoms with E-state index in [-0.39, 0.29) is 60.8 Å². The summed E-state index contributed by atoms with van der Waals surface area (Å²) in [5.74, 6) is -0.180. The number of nitrogens with zero attached hydrogens (tertiary/aromatic N) is 1. The van der Waals surface area contributed by atoms with Gasteiger partial charge in [0.1, 0.15) is 0 Å². The summed E-state index contributed by atoms with van der Waals surface area (Å²) in [5, 5.41) is 0. The Hall–Kier alpha value is -2.76. The van der Waals surface area contributed by atoms with E-state index in [4.69, 9.17) is 4.74 Å². The van der Waals surface area contributed by atoms with Crippen molar-refractivity contribution in [1.82, 2.24) is 4.90 Å². The molecule has 0 spiro atoms. The number of esters is 1. The Balaban J connectivity index is 1.16. The molecular weight excluding hydrogens is 358 g/mol. The number of Topliss-reactive ketones (excluding diaryl/α,β-unsaturated/α-hetero) is 1. The van der Waals surface area contributed by atoms with Gasteiger partial charge < -0.3 is 4.74 Å². The van der Waals surface area contributed by atoms with Gasteiger partial charge in [-0.3, -0.25) is 24.1 Å². The first-order chi connectivity index (χ1) is 13.6. The minimum Gasteiger partial charge on any atom is -0.457 e. The maximum absolute atomic E-state index is 12.8. The van der Waals surface area contributed by atoms with Crippen LogP contribution in [0.5, 0.6) is 0 Å². The first kappa shape index (κ1) is 17.3. The molecule has 4 aliphatic carbocycles. The molecule has 0 N–H and O–H groups in total. The number of amides is 2. The number of carbonyl (C=O) groups is 4. The average Bonchev–Trinajstić information content (AvgIpc) is 3.50. The van der Waals surface area contributed by atoms with Crippen LogP contribution in [0.15, 0.2) is 42.5 Å². The molecule has 2 bridgehead atoms. The molecule has 2 saturated carbocycles. The molecule has 6 heteroatoms. The molecule has 0 aromatic heterocycles. The van der Waals surface area contributed by atoms with Crippen molar-refractivity contribution in [2.45, 2.75) is 12.8 Å². The lowest BCUT2D eigenvalue weighted by Gasteiger charge is -2.37. The van der Waals surface area contributed by atoms with E-state index in [0.717, 1.165) is 6.42 Å². The number of likely N-dealkylation sites (tertiary alicyclic amines) is 1. The topological polar surface area (TPSA) is 80.8 Å². The van der Waals surface area contributed by atoms with Crippen molar-refractivity contribution in [3.05, 3.63) is 48.0 Å². The van der Waals surface area contributed by atoms with Crippen LogP contribution in [0.4, 0.5) is 0 Å². The number of benzene rings is 1. The van der Waals surface area contributed by atoms with Gasteiger partial charge >= 0.3 is 5.97 Å². The molecule has 1 aromatic carbocycles. The Morgan fingerprint density at radius 1 is 0.964 bits per heavy atom. The fourth-order valence-corrected chi connectivity index (χ4v) is 5.37. The molecule has 0 radical (unpaired) electrons. The van der Waals surface area contributed by atoms with Gasteiger partial charge in [-0.25, -0.2) is 0 Å². The lowest BCUT2D eigenvalue weighted by molar-refractivity contribution is -0.145. The Bertz CT molecular complexity index is 855. The quantitative estimate of drug-likeness (QED) is 0.326. The van der Waals surface area contributed by atoms with E-state index >= 15 is 0 Å². The van der Waals surface area contributed by atoms with Gasteiger partial charge in [-0.05, 0) is 30.1 Å². The van der Waals surface area contributed by atoms with E-state index < -0.39 is 5.97 Å². The van der Waals surface area contributed by atoms with E-state index in [1.54, 1.807) is 30.3 Å². The standard InChI is InChI=1S/C22H21NO5/c24-17(12-4-2-1-3-5-12)11-28-18(25)8-9-23-21(26)19-13-6-7-14(16-10-15(13)16)20(19)22(23)27/h1-7,13-16,19-20H,8-11H2/t13-,14+,15+,16-,19+,20-. The number of allylic oxidation sites excluding steroid dienone is 2. The molecule has 28 heavy (non-hydrogen) atoms. The second-order valence-electron chi connectivity index (χ2n) is 8.18. The van der Waals surface area contributed by atoms with Gasteiger partial charge in [0.25, 0.3) is 0 Å². The first-order valence-corrected chi connectivity index (χ1v) is 9.83. The molecule has 2 amide bonds. The number of carbonyl (C=O) groups excluding carboxylic acids is 4. The van der Waals surface area contributed by atoms with Gasteiger partial charge in [-0.15, -0.1) is 0 Å². The molecule has 0 unspecified atom stereocenters. The monoisotopic (exact) mass is 379 g/mol. The molecule has 6 nitrogen and oxygen atoms in total. The average molecular weight is 379 g/mol. The highest BCUT2D eigenvalue weighted by Gasteiger charge is 2.66. The smallest absolute Gasteiger partial charge is 0.308 e. The van der Waals surface area contributed by atoms with E-state index in [1.165, 1.54) is 4.90 Å². The predicted molar refractivity (Wildman–Crippen MR) is 97.8 cm³/mol. The molecule has 3 fully saturated rings. The minimum atomic E-state index is -0.580. The molecule has 1 saturated heterocycles. The van der Waals surface area contributed by atoms with E-state index in [9.17, 15) is 19.2 Å². The van der Waals surface area contributed by atoms with Gasteiger partial charge in [0.05, 0.1) is 18.3 Å². The number of rotatable bonds is 6. The summed E-state index contributed by atoms with van der Waals surface area (Å²) < 4.78 is 5.04. The zero-order valence-electron chi connectivity index (χ0n) is 15.3. The third-order valence-electron chi connectivity index (χ3n) is 6.75. The molecule has 1 heterocycles. The molecule has 6 rings (SSSR count). The molecule has 5 aliphatic rings. The fourth-order valence-electron chi connectivity index (χ4n) is 5.37. The van der Waals surface area contributed by atoms with E-state index in [1.807, 2.05) is 0 Å². The summed E-state index contributed by atoms with van der Waals surface area (Å²) in [6.07, 6.45) is 5.28. The van der Waals surface area contributed by atoms with Crippen molar-refractivity contribution in [3.8, 4) is 0 Å². The zero-order chi connectivity index (χ0) is 19.4. The van der Waals surface area contributed by atoms with Crippen molar-refractivity contribution in [1.29, 1.82) is 0 Å². The molecule has 144 valence electrons. The fraction of sp³-hybridized carbons (Fsp3) is 0.455. The van der Waals surface area contributed by atoms with Gasteiger partial charge in [0.15, 0.2) is 12.4 Å². The van der Waals surface area contributed by atoms with Crippen molar-refractivity contribution >= 4 is 23.6 Å². The van der Waals surface area contributed by atoms with Crippen molar-refractivity contribution in [2.24, 2.45) is 35.5 Å². The number of ether oxygens (including phenoxy) is 1. The highest BCUT2D eigenvalue weighted by atomic mass is 16.5. The molecule has 6 atom stereocenters. The van der Waals surface area contributed by atoms with Crippen LogP contribution < -0.4 is 0 Å². The number of hydrogen-bond donors (Lipinski definition) is 0. The van der Waals surface area contributed by atoms with Gasteiger partial charge in [-0.1, -0.05) is 42.5 Å². The highest BCUT2D eigenvalue weighted by molar-refractivity contribution is 6.06. The van der Waals surface area contributed by atoms with Gasteiger partial charge in [0.2, 0.25) is 11.8 Å². The van der Waals surface area contributed by atoms with Crippen LogP contribution in [0.1, 0.15) is 23.2 Å². The normalized spacial score (nSPS) is 34.2. The lowest BCUT2D eigenvalue weighted by Crippen LogP contribution is -2.40. The lowest BCUT2D eigenvalue weighted by atomic mass is 9.63. The Kier molecular flexibility index (Phi) is 3.96. The summed E-state index contributed by atoms with van der Waals surface area (Å²) in [6, 6.07) is 8.60. The summed E-state index contributed by atoms with van der Waals surface area (Å²) in [5.41, 5.74) is 0.478. The third-order valence-corrected chi connectivity index (χ3v) is 6.75. The van der Waals surface area contributed by atoms with Crippen molar-refractivity contribution < 1.29 is 23.9 Å².